The number of rotatable bonds is 3. The molecule has 0 bridgehead atoms. The highest BCUT2D eigenvalue weighted by atomic mass is 32.1. The van der Waals surface area contributed by atoms with E-state index in [2.05, 4.69) is 9.88 Å². The van der Waals surface area contributed by atoms with Gasteiger partial charge >= 0.3 is 6.09 Å². The standard InChI is InChI=1S/C14H24N4O2S/c1-14(2,3)20-13(19)18-6-4-17(5-7-18)9-12-16-11(8-15)10-21-12/h10H,4-9,15H2,1-3H3. The monoisotopic (exact) mass is 312 g/mol. The summed E-state index contributed by atoms with van der Waals surface area (Å²) in [5, 5.41) is 3.09. The molecule has 0 saturated carbocycles. The summed E-state index contributed by atoms with van der Waals surface area (Å²) in [5.41, 5.74) is 6.08. The Labute approximate surface area is 129 Å². The molecule has 2 rings (SSSR count). The Hall–Kier alpha value is -1.18. The number of thiazole rings is 1. The Bertz CT molecular complexity index is 476. The fourth-order valence-electron chi connectivity index (χ4n) is 2.12. The molecule has 0 atom stereocenters. The first-order valence-electron chi connectivity index (χ1n) is 7.21. The first-order chi connectivity index (χ1) is 9.87. The molecule has 0 spiro atoms. The smallest absolute Gasteiger partial charge is 0.410 e. The zero-order valence-electron chi connectivity index (χ0n) is 13.0. The van der Waals surface area contributed by atoms with Crippen molar-refractivity contribution < 1.29 is 9.53 Å². The van der Waals surface area contributed by atoms with Crippen LogP contribution in [0.15, 0.2) is 5.38 Å². The minimum Gasteiger partial charge on any atom is -0.444 e. The molecule has 21 heavy (non-hydrogen) atoms. The van der Waals surface area contributed by atoms with Crippen molar-refractivity contribution in [2.45, 2.75) is 39.5 Å². The van der Waals surface area contributed by atoms with Crippen molar-refractivity contribution in [3.63, 3.8) is 0 Å². The second-order valence-electron chi connectivity index (χ2n) is 6.18. The molecule has 1 aromatic rings. The number of piperazine rings is 1. The number of hydrogen-bond acceptors (Lipinski definition) is 6. The van der Waals surface area contributed by atoms with Crippen LogP contribution in [-0.4, -0.2) is 52.7 Å². The third kappa shape index (κ3) is 4.94. The number of nitrogens with two attached hydrogens (primary N) is 1. The lowest BCUT2D eigenvalue weighted by Crippen LogP contribution is -2.49. The van der Waals surface area contributed by atoms with Gasteiger partial charge in [-0.15, -0.1) is 11.3 Å². The minimum atomic E-state index is -0.437. The highest BCUT2D eigenvalue weighted by molar-refractivity contribution is 7.09. The lowest BCUT2D eigenvalue weighted by atomic mass is 10.2. The van der Waals surface area contributed by atoms with Crippen LogP contribution in [0, 0.1) is 0 Å². The summed E-state index contributed by atoms with van der Waals surface area (Å²) < 4.78 is 5.39. The highest BCUT2D eigenvalue weighted by Crippen LogP contribution is 2.15. The molecule has 0 unspecified atom stereocenters. The van der Waals surface area contributed by atoms with Crippen molar-refractivity contribution in [2.24, 2.45) is 5.73 Å². The lowest BCUT2D eigenvalue weighted by molar-refractivity contribution is 0.0139. The van der Waals surface area contributed by atoms with E-state index in [1.807, 2.05) is 26.2 Å². The van der Waals surface area contributed by atoms with E-state index in [-0.39, 0.29) is 6.09 Å². The minimum absolute atomic E-state index is 0.221. The Morgan fingerprint density at radius 1 is 1.38 bits per heavy atom. The molecule has 1 saturated heterocycles. The van der Waals surface area contributed by atoms with Crippen LogP contribution in [0.5, 0.6) is 0 Å². The van der Waals surface area contributed by atoms with Crippen LogP contribution in [-0.2, 0) is 17.8 Å². The highest BCUT2D eigenvalue weighted by Gasteiger charge is 2.26. The molecule has 1 amide bonds. The molecule has 1 aliphatic rings. The normalized spacial score (nSPS) is 17.0. The van der Waals surface area contributed by atoms with Gasteiger partial charge in [-0.3, -0.25) is 4.90 Å². The van der Waals surface area contributed by atoms with Crippen LogP contribution >= 0.6 is 11.3 Å². The van der Waals surface area contributed by atoms with E-state index in [1.165, 1.54) is 0 Å². The first-order valence-corrected chi connectivity index (χ1v) is 8.09. The number of ether oxygens (including phenoxy) is 1. The van der Waals surface area contributed by atoms with Crippen LogP contribution in [0.2, 0.25) is 0 Å². The predicted octanol–water partition coefficient (Wildman–Crippen LogP) is 1.65. The quantitative estimate of drug-likeness (QED) is 0.919. The Balaban J connectivity index is 1.79. The number of nitrogens with zero attached hydrogens (tertiary/aromatic N) is 3. The van der Waals surface area contributed by atoms with Gasteiger partial charge in [0.25, 0.3) is 0 Å². The Kier molecular flexibility index (Phi) is 5.18. The van der Waals surface area contributed by atoms with Crippen molar-refractivity contribution in [2.75, 3.05) is 26.2 Å². The second-order valence-corrected chi connectivity index (χ2v) is 7.12. The molecule has 1 aliphatic heterocycles. The number of amides is 1. The molecule has 118 valence electrons. The van der Waals surface area contributed by atoms with Gasteiger partial charge in [0, 0.05) is 38.1 Å². The SMILES string of the molecule is CC(C)(C)OC(=O)N1CCN(Cc2nc(CN)cs2)CC1. The van der Waals surface area contributed by atoms with Crippen LogP contribution in [0.3, 0.4) is 0 Å². The van der Waals surface area contributed by atoms with E-state index in [9.17, 15) is 4.79 Å². The topological polar surface area (TPSA) is 71.7 Å². The zero-order valence-corrected chi connectivity index (χ0v) is 13.8. The summed E-state index contributed by atoms with van der Waals surface area (Å²) in [5.74, 6) is 0. The summed E-state index contributed by atoms with van der Waals surface area (Å²) in [6.45, 7) is 10.1. The summed E-state index contributed by atoms with van der Waals surface area (Å²) >= 11 is 1.64. The van der Waals surface area contributed by atoms with E-state index in [0.717, 1.165) is 30.3 Å². The molecule has 7 heteroatoms. The maximum absolute atomic E-state index is 12.0. The third-order valence-electron chi connectivity index (χ3n) is 3.19. The van der Waals surface area contributed by atoms with E-state index >= 15 is 0 Å². The molecule has 6 nitrogen and oxygen atoms in total. The van der Waals surface area contributed by atoms with Gasteiger partial charge in [-0.2, -0.15) is 0 Å². The van der Waals surface area contributed by atoms with Crippen molar-refractivity contribution in [1.82, 2.24) is 14.8 Å². The molecule has 2 N–H and O–H groups in total. The number of carbonyl (C=O) groups excluding carboxylic acids is 1. The fourth-order valence-corrected chi connectivity index (χ4v) is 2.97. The van der Waals surface area contributed by atoms with Crippen LogP contribution < -0.4 is 5.73 Å². The maximum Gasteiger partial charge on any atom is 0.410 e. The predicted molar refractivity (Wildman–Crippen MR) is 83.1 cm³/mol. The van der Waals surface area contributed by atoms with Crippen LogP contribution in [0.1, 0.15) is 31.5 Å². The maximum atomic E-state index is 12.0. The molecule has 1 aromatic heterocycles. The van der Waals surface area contributed by atoms with Crippen molar-refractivity contribution >= 4 is 17.4 Å². The van der Waals surface area contributed by atoms with Gasteiger partial charge in [0.05, 0.1) is 12.2 Å². The molecule has 0 aliphatic carbocycles. The van der Waals surface area contributed by atoms with Crippen LogP contribution in [0.4, 0.5) is 4.79 Å². The van der Waals surface area contributed by atoms with Crippen molar-refractivity contribution in [3.05, 3.63) is 16.1 Å². The Morgan fingerprint density at radius 3 is 2.57 bits per heavy atom. The van der Waals surface area contributed by atoms with Gasteiger partial charge in [-0.05, 0) is 20.8 Å². The van der Waals surface area contributed by atoms with Gasteiger partial charge in [-0.1, -0.05) is 0 Å². The fraction of sp³-hybridized carbons (Fsp3) is 0.714. The average Bonchev–Trinajstić information content (AvgIpc) is 2.85. The van der Waals surface area contributed by atoms with E-state index in [0.29, 0.717) is 19.6 Å². The molecule has 1 fully saturated rings. The molecule has 0 aromatic carbocycles. The summed E-state index contributed by atoms with van der Waals surface area (Å²) in [7, 11) is 0. The van der Waals surface area contributed by atoms with Crippen molar-refractivity contribution in [1.29, 1.82) is 0 Å². The van der Waals surface area contributed by atoms with Gasteiger partial charge in [0.15, 0.2) is 0 Å². The van der Waals surface area contributed by atoms with E-state index in [4.69, 9.17) is 10.5 Å². The summed E-state index contributed by atoms with van der Waals surface area (Å²) in [6, 6.07) is 0. The third-order valence-corrected chi connectivity index (χ3v) is 4.07. The van der Waals surface area contributed by atoms with E-state index in [1.54, 1.807) is 16.2 Å². The Morgan fingerprint density at radius 2 is 2.05 bits per heavy atom. The largest absolute Gasteiger partial charge is 0.444 e. The molecule has 0 radical (unpaired) electrons. The van der Waals surface area contributed by atoms with Gasteiger partial charge < -0.3 is 15.4 Å². The van der Waals surface area contributed by atoms with Gasteiger partial charge in [0.1, 0.15) is 10.6 Å². The number of aromatic nitrogens is 1. The average molecular weight is 312 g/mol. The van der Waals surface area contributed by atoms with Crippen molar-refractivity contribution in [3.8, 4) is 0 Å². The lowest BCUT2D eigenvalue weighted by Gasteiger charge is -2.35. The second kappa shape index (κ2) is 6.72. The van der Waals surface area contributed by atoms with Gasteiger partial charge in [0.2, 0.25) is 0 Å². The zero-order chi connectivity index (χ0) is 15.5. The first kappa shape index (κ1) is 16.2. The summed E-state index contributed by atoms with van der Waals surface area (Å²) in [4.78, 5) is 20.5. The molecular formula is C14H24N4O2S. The number of carbonyl (C=O) groups is 1. The summed E-state index contributed by atoms with van der Waals surface area (Å²) in [6.07, 6.45) is -0.221. The molecular weight excluding hydrogens is 288 g/mol. The van der Waals surface area contributed by atoms with Gasteiger partial charge in [-0.25, -0.2) is 9.78 Å². The number of hydrogen-bond donors (Lipinski definition) is 1. The van der Waals surface area contributed by atoms with E-state index < -0.39 is 5.60 Å². The molecule has 2 heterocycles. The van der Waals surface area contributed by atoms with Crippen LogP contribution in [0.25, 0.3) is 0 Å².